The Labute approximate surface area is 179 Å². The molecule has 0 saturated carbocycles. The molecule has 9 heteroatoms. The van der Waals surface area contributed by atoms with Crippen LogP contribution in [0.4, 0.5) is 0 Å². The number of hydrogen-bond acceptors (Lipinski definition) is 5. The van der Waals surface area contributed by atoms with E-state index in [-0.39, 0.29) is 23.9 Å². The average Bonchev–Trinajstić information content (AvgIpc) is 3.15. The molecule has 0 fully saturated rings. The quantitative estimate of drug-likeness (QED) is 0.446. The molecule has 8 nitrogen and oxygen atoms in total. The molecule has 2 aromatic rings. The van der Waals surface area contributed by atoms with Crippen molar-refractivity contribution >= 4 is 15.9 Å². The van der Waals surface area contributed by atoms with Crippen molar-refractivity contribution in [2.45, 2.75) is 17.9 Å². The largest absolute Gasteiger partial charge is 0.385 e. The van der Waals surface area contributed by atoms with Gasteiger partial charge in [0, 0.05) is 52.9 Å². The minimum atomic E-state index is -3.81. The van der Waals surface area contributed by atoms with Crippen molar-refractivity contribution in [3.63, 3.8) is 0 Å². The lowest BCUT2D eigenvalue weighted by Crippen LogP contribution is -2.44. The summed E-state index contributed by atoms with van der Waals surface area (Å²) in [5, 5.41) is 0. The summed E-state index contributed by atoms with van der Waals surface area (Å²) in [7, 11) is 1.24. The Kier molecular flexibility index (Phi) is 9.51. The monoisotopic (exact) mass is 437 g/mol. The minimum Gasteiger partial charge on any atom is -0.385 e. The number of nitrogens with zero attached hydrogens (tertiary/aromatic N) is 3. The smallest absolute Gasteiger partial charge is 0.243 e. The summed E-state index contributed by atoms with van der Waals surface area (Å²) < 4.78 is 39.7. The van der Waals surface area contributed by atoms with Crippen LogP contribution in [0.2, 0.25) is 0 Å². The summed E-state index contributed by atoms with van der Waals surface area (Å²) in [5.74, 6) is -0.273. The third kappa shape index (κ3) is 6.66. The maximum Gasteiger partial charge on any atom is 0.243 e. The van der Waals surface area contributed by atoms with E-state index in [4.69, 9.17) is 9.47 Å². The molecule has 0 bridgehead atoms. The SMILES string of the molecule is COCCCN(CC(=O)N(CCOC)Cc1cccn1C)S(=O)(=O)c1ccccc1. The van der Waals surface area contributed by atoms with Crippen LogP contribution in [0.25, 0.3) is 0 Å². The molecule has 1 aromatic carbocycles. The summed E-state index contributed by atoms with van der Waals surface area (Å²) in [5.41, 5.74) is 0.955. The lowest BCUT2D eigenvalue weighted by Gasteiger charge is -2.27. The molecule has 0 N–H and O–H groups in total. The van der Waals surface area contributed by atoms with Gasteiger partial charge < -0.3 is 18.9 Å². The Bertz CT molecular complexity index is 883. The van der Waals surface area contributed by atoms with E-state index >= 15 is 0 Å². The molecule has 0 radical (unpaired) electrons. The van der Waals surface area contributed by atoms with Crippen LogP contribution in [0.3, 0.4) is 0 Å². The average molecular weight is 438 g/mol. The van der Waals surface area contributed by atoms with Crippen molar-refractivity contribution in [2.24, 2.45) is 7.05 Å². The zero-order valence-corrected chi connectivity index (χ0v) is 18.7. The standard InChI is InChI=1S/C21H31N3O5S/c1-22-12-7-9-19(22)17-23(14-16-29-3)21(25)18-24(13-8-15-28-2)30(26,27)20-10-5-4-6-11-20/h4-7,9-12H,8,13-18H2,1-3H3. The number of methoxy groups -OCH3 is 2. The molecular formula is C21H31N3O5S. The first-order chi connectivity index (χ1) is 14.4. The summed E-state index contributed by atoms with van der Waals surface area (Å²) in [6.45, 7) is 1.48. The predicted octanol–water partition coefficient (Wildman–Crippen LogP) is 1.73. The number of aromatic nitrogens is 1. The molecule has 0 saturated heterocycles. The van der Waals surface area contributed by atoms with Crippen LogP contribution in [0.1, 0.15) is 12.1 Å². The number of carbonyl (C=O) groups excluding carboxylic acids is 1. The number of rotatable bonds is 13. The van der Waals surface area contributed by atoms with E-state index in [2.05, 4.69) is 0 Å². The van der Waals surface area contributed by atoms with Crippen LogP contribution in [0.15, 0.2) is 53.6 Å². The van der Waals surface area contributed by atoms with Gasteiger partial charge in [-0.1, -0.05) is 18.2 Å². The van der Waals surface area contributed by atoms with Crippen molar-refractivity contribution in [3.8, 4) is 0 Å². The predicted molar refractivity (Wildman–Crippen MR) is 114 cm³/mol. The highest BCUT2D eigenvalue weighted by atomic mass is 32.2. The molecule has 0 atom stereocenters. The van der Waals surface area contributed by atoms with Crippen LogP contribution in [-0.2, 0) is 37.9 Å². The van der Waals surface area contributed by atoms with Gasteiger partial charge in [-0.05, 0) is 30.7 Å². The molecule has 1 amide bonds. The van der Waals surface area contributed by atoms with E-state index in [1.807, 2.05) is 29.9 Å². The number of amides is 1. The molecule has 1 heterocycles. The van der Waals surface area contributed by atoms with Crippen molar-refractivity contribution < 1.29 is 22.7 Å². The van der Waals surface area contributed by atoms with Gasteiger partial charge in [0.25, 0.3) is 0 Å². The van der Waals surface area contributed by atoms with Gasteiger partial charge in [0.1, 0.15) is 0 Å². The third-order valence-corrected chi connectivity index (χ3v) is 6.63. The van der Waals surface area contributed by atoms with E-state index in [0.717, 1.165) is 5.69 Å². The zero-order chi connectivity index (χ0) is 22.0. The molecule has 0 aliphatic rings. The Morgan fingerprint density at radius 3 is 2.30 bits per heavy atom. The van der Waals surface area contributed by atoms with Crippen LogP contribution >= 0.6 is 0 Å². The molecule has 0 aliphatic heterocycles. The highest BCUT2D eigenvalue weighted by Gasteiger charge is 2.28. The first kappa shape index (κ1) is 24.1. The maximum atomic E-state index is 13.2. The first-order valence-electron chi connectivity index (χ1n) is 9.81. The van der Waals surface area contributed by atoms with Gasteiger partial charge in [-0.3, -0.25) is 4.79 Å². The Morgan fingerprint density at radius 2 is 1.70 bits per heavy atom. The third-order valence-electron chi connectivity index (χ3n) is 4.77. The fraction of sp³-hybridized carbons (Fsp3) is 0.476. The molecule has 0 unspecified atom stereocenters. The minimum absolute atomic E-state index is 0.168. The lowest BCUT2D eigenvalue weighted by atomic mass is 10.3. The van der Waals surface area contributed by atoms with Gasteiger partial charge in [-0.25, -0.2) is 8.42 Å². The Balaban J connectivity index is 2.22. The topological polar surface area (TPSA) is 81.1 Å². The molecule has 1 aromatic heterocycles. The van der Waals surface area contributed by atoms with Gasteiger partial charge in [-0.15, -0.1) is 0 Å². The molecule has 166 valence electrons. The summed E-state index contributed by atoms with van der Waals surface area (Å²) in [6.07, 6.45) is 2.40. The van der Waals surface area contributed by atoms with Crippen molar-refractivity contribution in [2.75, 3.05) is 47.1 Å². The van der Waals surface area contributed by atoms with E-state index in [0.29, 0.717) is 32.7 Å². The second-order valence-electron chi connectivity index (χ2n) is 6.92. The van der Waals surface area contributed by atoms with Crippen LogP contribution < -0.4 is 0 Å². The van der Waals surface area contributed by atoms with E-state index < -0.39 is 10.0 Å². The van der Waals surface area contributed by atoms with Crippen LogP contribution in [0.5, 0.6) is 0 Å². The van der Waals surface area contributed by atoms with Gasteiger partial charge in [0.15, 0.2) is 0 Å². The van der Waals surface area contributed by atoms with Gasteiger partial charge >= 0.3 is 0 Å². The summed E-state index contributed by atoms with van der Waals surface area (Å²) in [4.78, 5) is 14.9. The van der Waals surface area contributed by atoms with Crippen LogP contribution in [-0.4, -0.2) is 75.2 Å². The fourth-order valence-electron chi connectivity index (χ4n) is 3.01. The molecule has 2 rings (SSSR count). The number of aryl methyl sites for hydroxylation is 1. The van der Waals surface area contributed by atoms with Crippen LogP contribution in [0, 0.1) is 0 Å². The summed E-state index contributed by atoms with van der Waals surface area (Å²) in [6, 6.07) is 12.0. The highest BCUT2D eigenvalue weighted by Crippen LogP contribution is 2.16. The normalized spacial score (nSPS) is 11.7. The lowest BCUT2D eigenvalue weighted by molar-refractivity contribution is -0.132. The second kappa shape index (κ2) is 11.8. The molecule has 30 heavy (non-hydrogen) atoms. The van der Waals surface area contributed by atoms with E-state index in [1.54, 1.807) is 37.3 Å². The molecular weight excluding hydrogens is 406 g/mol. The maximum absolute atomic E-state index is 13.2. The van der Waals surface area contributed by atoms with E-state index in [9.17, 15) is 13.2 Å². The number of carbonyl (C=O) groups is 1. The van der Waals surface area contributed by atoms with Gasteiger partial charge in [0.05, 0.1) is 24.6 Å². The number of benzene rings is 1. The molecule has 0 aliphatic carbocycles. The zero-order valence-electron chi connectivity index (χ0n) is 17.9. The Hall–Kier alpha value is -2.20. The fourth-order valence-corrected chi connectivity index (χ4v) is 4.46. The highest BCUT2D eigenvalue weighted by molar-refractivity contribution is 7.89. The number of ether oxygens (including phenoxy) is 2. The van der Waals surface area contributed by atoms with Gasteiger partial charge in [-0.2, -0.15) is 4.31 Å². The Morgan fingerprint density at radius 1 is 1.00 bits per heavy atom. The van der Waals surface area contributed by atoms with Gasteiger partial charge in [0.2, 0.25) is 15.9 Å². The van der Waals surface area contributed by atoms with Crippen molar-refractivity contribution in [1.29, 1.82) is 0 Å². The second-order valence-corrected chi connectivity index (χ2v) is 8.85. The van der Waals surface area contributed by atoms with Crippen molar-refractivity contribution in [1.82, 2.24) is 13.8 Å². The first-order valence-corrected chi connectivity index (χ1v) is 11.2. The van der Waals surface area contributed by atoms with Crippen molar-refractivity contribution in [3.05, 3.63) is 54.4 Å². The molecule has 0 spiro atoms. The number of hydrogen-bond donors (Lipinski definition) is 0. The van der Waals surface area contributed by atoms with E-state index in [1.165, 1.54) is 16.4 Å². The summed E-state index contributed by atoms with van der Waals surface area (Å²) >= 11 is 0. The number of sulfonamides is 1.